The molecule has 1 heterocycles. The zero-order chi connectivity index (χ0) is 19.1. The Balaban J connectivity index is 2.52. The van der Waals surface area contributed by atoms with Gasteiger partial charge in [0.05, 0.1) is 16.9 Å². The maximum absolute atomic E-state index is 5.75. The van der Waals surface area contributed by atoms with Gasteiger partial charge in [-0.15, -0.1) is 6.42 Å². The normalized spacial score (nSPS) is 13.3. The van der Waals surface area contributed by atoms with Gasteiger partial charge in [0, 0.05) is 23.7 Å². The summed E-state index contributed by atoms with van der Waals surface area (Å²) in [6.45, 7) is 8.50. The number of fused-ring (bicyclic) bond motifs is 1. The van der Waals surface area contributed by atoms with E-state index in [1.54, 1.807) is 7.05 Å². The van der Waals surface area contributed by atoms with E-state index in [0.717, 1.165) is 53.9 Å². The highest BCUT2D eigenvalue weighted by Crippen LogP contribution is 2.25. The van der Waals surface area contributed by atoms with Crippen LogP contribution in [0.2, 0.25) is 0 Å². The lowest BCUT2D eigenvalue weighted by molar-refractivity contribution is 0.814. The molecule has 1 aromatic carbocycles. The molecule has 0 atom stereocenters. The number of terminal acetylenes is 1. The van der Waals surface area contributed by atoms with E-state index in [-0.39, 0.29) is 0 Å². The molecule has 0 fully saturated rings. The van der Waals surface area contributed by atoms with E-state index in [4.69, 9.17) is 11.5 Å². The fraction of sp³-hybridized carbons (Fsp3) is 0.391. The first-order valence-electron chi connectivity index (χ1n) is 9.37. The third-order valence-electron chi connectivity index (χ3n) is 4.61. The second kappa shape index (κ2) is 9.20. The molecule has 0 bridgehead atoms. The lowest BCUT2D eigenvalue weighted by atomic mass is 10.1. The largest absolute Gasteiger partial charge is 0.287 e. The Morgan fingerprint density at radius 2 is 2.08 bits per heavy atom. The van der Waals surface area contributed by atoms with Crippen LogP contribution in [0.15, 0.2) is 40.9 Å². The first-order chi connectivity index (χ1) is 12.6. The van der Waals surface area contributed by atoms with Crippen molar-refractivity contribution < 1.29 is 0 Å². The van der Waals surface area contributed by atoms with Crippen molar-refractivity contribution >= 4 is 22.3 Å². The highest BCUT2D eigenvalue weighted by molar-refractivity contribution is 6.13. The Bertz CT molecular complexity index is 901. The second-order valence-corrected chi connectivity index (χ2v) is 6.47. The van der Waals surface area contributed by atoms with Crippen LogP contribution in [0.1, 0.15) is 50.8 Å². The fourth-order valence-electron chi connectivity index (χ4n) is 3.19. The van der Waals surface area contributed by atoms with E-state index in [2.05, 4.69) is 69.0 Å². The van der Waals surface area contributed by atoms with Crippen molar-refractivity contribution in [3.63, 3.8) is 0 Å². The second-order valence-electron chi connectivity index (χ2n) is 6.47. The summed E-state index contributed by atoms with van der Waals surface area (Å²) in [7, 11) is 1.79. The van der Waals surface area contributed by atoms with Crippen molar-refractivity contribution in [1.29, 1.82) is 0 Å². The monoisotopic (exact) mass is 347 g/mol. The third kappa shape index (κ3) is 4.14. The average Bonchev–Trinajstić information content (AvgIpc) is 2.98. The van der Waals surface area contributed by atoms with Crippen molar-refractivity contribution in [2.24, 2.45) is 4.99 Å². The minimum atomic E-state index is 0.842. The summed E-state index contributed by atoms with van der Waals surface area (Å²) in [6.07, 6.45) is 14.1. The Morgan fingerprint density at radius 3 is 2.69 bits per heavy atom. The summed E-state index contributed by atoms with van der Waals surface area (Å²) in [6, 6.07) is 6.32. The van der Waals surface area contributed by atoms with Gasteiger partial charge >= 0.3 is 0 Å². The molecule has 0 aliphatic carbocycles. The number of aliphatic imine (C=N–C) groups is 1. The van der Waals surface area contributed by atoms with Gasteiger partial charge in [-0.05, 0) is 44.4 Å². The van der Waals surface area contributed by atoms with Gasteiger partial charge < -0.3 is 0 Å². The number of benzene rings is 1. The van der Waals surface area contributed by atoms with Gasteiger partial charge in [0.15, 0.2) is 0 Å². The smallest absolute Gasteiger partial charge is 0.0742 e. The molecule has 0 unspecified atom stereocenters. The van der Waals surface area contributed by atoms with Gasteiger partial charge in [0.1, 0.15) is 0 Å². The lowest BCUT2D eigenvalue weighted by Gasteiger charge is -2.09. The minimum Gasteiger partial charge on any atom is -0.287 e. The molecule has 136 valence electrons. The zero-order valence-electron chi connectivity index (χ0n) is 16.6. The number of aryl methyl sites for hydroxylation is 2. The number of hydrogen-bond donors (Lipinski definition) is 0. The molecule has 0 N–H and O–H groups in total. The summed E-state index contributed by atoms with van der Waals surface area (Å²) in [5, 5.41) is 6.01. The molecule has 0 spiro atoms. The van der Waals surface area contributed by atoms with E-state index in [9.17, 15) is 0 Å². The molecule has 1 aromatic heterocycles. The predicted octanol–water partition coefficient (Wildman–Crippen LogP) is 5.72. The Labute approximate surface area is 157 Å². The van der Waals surface area contributed by atoms with Crippen molar-refractivity contribution in [2.45, 2.75) is 53.4 Å². The number of hydrogen-bond acceptors (Lipinski definition) is 2. The van der Waals surface area contributed by atoms with Crippen LogP contribution in [0, 0.1) is 26.2 Å². The molecule has 0 aliphatic rings. The molecule has 0 amide bonds. The van der Waals surface area contributed by atoms with E-state index in [1.807, 2.05) is 4.68 Å². The van der Waals surface area contributed by atoms with Gasteiger partial charge in [0.25, 0.3) is 0 Å². The van der Waals surface area contributed by atoms with Crippen LogP contribution in [0.25, 0.3) is 16.6 Å². The zero-order valence-corrected chi connectivity index (χ0v) is 16.6. The Morgan fingerprint density at radius 1 is 1.31 bits per heavy atom. The van der Waals surface area contributed by atoms with Crippen LogP contribution in [0.3, 0.4) is 0 Å². The van der Waals surface area contributed by atoms with E-state index >= 15 is 0 Å². The summed E-state index contributed by atoms with van der Waals surface area (Å²) in [5.41, 5.74) is 6.21. The molecular formula is C23H29N3. The van der Waals surface area contributed by atoms with Crippen LogP contribution < -0.4 is 0 Å². The molecule has 2 aromatic rings. The van der Waals surface area contributed by atoms with Crippen LogP contribution in [-0.2, 0) is 0 Å². The standard InChI is InChI=1S/C23H29N3/c1-7-10-11-14-19(8-2)21(24-6)16-20(9-3)26-22-15-12-13-17(4)23(22)18(5)25-26/h2,12-16H,7,9-11H2,1,3-6H3/b19-14+,20-16+,24-21?. The maximum Gasteiger partial charge on any atom is 0.0742 e. The predicted molar refractivity (Wildman–Crippen MR) is 114 cm³/mol. The topological polar surface area (TPSA) is 30.2 Å². The van der Waals surface area contributed by atoms with E-state index < -0.39 is 0 Å². The van der Waals surface area contributed by atoms with Crippen LogP contribution in [-0.4, -0.2) is 22.5 Å². The number of unbranched alkanes of at least 4 members (excludes halogenated alkanes) is 2. The Kier molecular flexibility index (Phi) is 6.97. The van der Waals surface area contributed by atoms with Crippen molar-refractivity contribution in [2.75, 3.05) is 7.05 Å². The van der Waals surface area contributed by atoms with Crippen molar-refractivity contribution in [3.05, 3.63) is 47.2 Å². The van der Waals surface area contributed by atoms with Crippen LogP contribution in [0.4, 0.5) is 0 Å². The first kappa shape index (κ1) is 19.7. The lowest BCUT2D eigenvalue weighted by Crippen LogP contribution is -2.05. The summed E-state index contributed by atoms with van der Waals surface area (Å²) >= 11 is 0. The molecular weight excluding hydrogens is 318 g/mol. The number of allylic oxidation sites excluding steroid dienone is 4. The quantitative estimate of drug-likeness (QED) is 0.358. The highest BCUT2D eigenvalue weighted by Gasteiger charge is 2.13. The molecule has 0 radical (unpaired) electrons. The van der Waals surface area contributed by atoms with Crippen LogP contribution >= 0.6 is 0 Å². The van der Waals surface area contributed by atoms with Crippen molar-refractivity contribution in [1.82, 2.24) is 9.78 Å². The third-order valence-corrected chi connectivity index (χ3v) is 4.61. The molecule has 3 nitrogen and oxygen atoms in total. The summed E-state index contributed by atoms with van der Waals surface area (Å²) < 4.78 is 2.03. The highest BCUT2D eigenvalue weighted by atomic mass is 15.3. The fourth-order valence-corrected chi connectivity index (χ4v) is 3.19. The van der Waals surface area contributed by atoms with Gasteiger partial charge in [0.2, 0.25) is 0 Å². The van der Waals surface area contributed by atoms with Gasteiger partial charge in [-0.2, -0.15) is 5.10 Å². The maximum atomic E-state index is 5.75. The number of nitrogens with zero attached hydrogens (tertiary/aromatic N) is 3. The van der Waals surface area contributed by atoms with Crippen molar-refractivity contribution in [3.8, 4) is 12.3 Å². The van der Waals surface area contributed by atoms with Gasteiger partial charge in [-0.1, -0.05) is 50.8 Å². The molecule has 26 heavy (non-hydrogen) atoms. The van der Waals surface area contributed by atoms with Gasteiger partial charge in [-0.3, -0.25) is 4.99 Å². The molecule has 2 rings (SSSR count). The van der Waals surface area contributed by atoms with Crippen LogP contribution in [0.5, 0.6) is 0 Å². The summed E-state index contributed by atoms with van der Waals surface area (Å²) in [4.78, 5) is 4.44. The minimum absolute atomic E-state index is 0.842. The molecule has 3 heteroatoms. The molecule has 0 saturated carbocycles. The van der Waals surface area contributed by atoms with E-state index in [0.29, 0.717) is 0 Å². The molecule has 0 aliphatic heterocycles. The SMILES string of the molecule is C#C/C(=C\CCCC)C(/C=C(\CC)n1nc(C)c2c(C)cccc21)=NC. The number of aromatic nitrogens is 2. The average molecular weight is 348 g/mol. The van der Waals surface area contributed by atoms with Gasteiger partial charge in [-0.25, -0.2) is 4.68 Å². The first-order valence-corrected chi connectivity index (χ1v) is 9.37. The summed E-state index contributed by atoms with van der Waals surface area (Å²) in [5.74, 6) is 2.80. The Hall–Kier alpha value is -2.60. The number of rotatable bonds is 7. The van der Waals surface area contributed by atoms with E-state index in [1.165, 1.54) is 10.9 Å². The molecule has 0 saturated heterocycles.